The molecule has 2 aromatic heterocycles. The summed E-state index contributed by atoms with van der Waals surface area (Å²) in [4.78, 5) is 30.4. The third-order valence-corrected chi connectivity index (χ3v) is 5.45. The van der Waals surface area contributed by atoms with Gasteiger partial charge in [-0.1, -0.05) is 0 Å². The van der Waals surface area contributed by atoms with Crippen LogP contribution in [0.2, 0.25) is 0 Å². The molecular weight excluding hydrogens is 382 g/mol. The minimum atomic E-state index is -0.449. The first-order valence-corrected chi connectivity index (χ1v) is 9.45. The van der Waals surface area contributed by atoms with Crippen molar-refractivity contribution in [3.63, 3.8) is 0 Å². The van der Waals surface area contributed by atoms with Crippen molar-refractivity contribution < 1.29 is 19.0 Å². The van der Waals surface area contributed by atoms with Gasteiger partial charge in [-0.15, -0.1) is 11.3 Å². The number of hydrogen-bond donors (Lipinski definition) is 0. The lowest BCUT2D eigenvalue weighted by Gasteiger charge is -2.04. The summed E-state index contributed by atoms with van der Waals surface area (Å²) in [5, 5.41) is 4.67. The number of carbonyl (C=O) groups excluding carboxylic acids is 1. The third-order valence-electron chi connectivity index (χ3n) is 4.28. The van der Waals surface area contributed by atoms with Gasteiger partial charge in [-0.25, -0.2) is 9.78 Å². The van der Waals surface area contributed by atoms with Gasteiger partial charge in [0.1, 0.15) is 15.5 Å². The van der Waals surface area contributed by atoms with E-state index in [1.54, 1.807) is 39.1 Å². The molecule has 9 heteroatoms. The highest BCUT2D eigenvalue weighted by molar-refractivity contribution is 7.20. The highest BCUT2D eigenvalue weighted by Crippen LogP contribution is 2.32. The topological polar surface area (TPSA) is 92.0 Å². The van der Waals surface area contributed by atoms with Gasteiger partial charge in [-0.3, -0.25) is 4.79 Å². The Morgan fingerprint density at radius 3 is 2.93 bits per heavy atom. The van der Waals surface area contributed by atoms with Crippen molar-refractivity contribution in [1.82, 2.24) is 9.66 Å². The zero-order valence-corrected chi connectivity index (χ0v) is 16.3. The minimum absolute atomic E-state index is 0.190. The molecule has 1 aliphatic heterocycles. The van der Waals surface area contributed by atoms with Gasteiger partial charge in [0.25, 0.3) is 5.56 Å². The van der Waals surface area contributed by atoms with E-state index in [2.05, 4.69) is 10.1 Å². The van der Waals surface area contributed by atoms with Crippen LogP contribution in [-0.4, -0.2) is 35.2 Å². The lowest BCUT2D eigenvalue weighted by atomic mass is 10.2. The van der Waals surface area contributed by atoms with Crippen molar-refractivity contribution in [2.75, 3.05) is 13.4 Å². The summed E-state index contributed by atoms with van der Waals surface area (Å²) in [5.41, 5.74) is 0.983. The predicted molar refractivity (Wildman–Crippen MR) is 105 cm³/mol. The molecule has 0 fully saturated rings. The third kappa shape index (κ3) is 3.03. The first kappa shape index (κ1) is 18.2. The predicted octanol–water partition coefficient (Wildman–Crippen LogP) is 2.86. The molecule has 3 heterocycles. The second kappa shape index (κ2) is 7.08. The van der Waals surface area contributed by atoms with E-state index < -0.39 is 5.97 Å². The number of benzene rings is 1. The summed E-state index contributed by atoms with van der Waals surface area (Å²) < 4.78 is 16.9. The van der Waals surface area contributed by atoms with E-state index in [0.717, 1.165) is 16.9 Å². The molecule has 0 unspecified atom stereocenters. The molecular formula is C19H17N3O5S. The van der Waals surface area contributed by atoms with E-state index in [0.29, 0.717) is 38.0 Å². The van der Waals surface area contributed by atoms with Crippen molar-refractivity contribution >= 4 is 33.7 Å². The van der Waals surface area contributed by atoms with Crippen LogP contribution in [0.5, 0.6) is 11.5 Å². The molecule has 4 rings (SSSR count). The Bertz CT molecular complexity index is 1180. The highest BCUT2D eigenvalue weighted by atomic mass is 32.1. The van der Waals surface area contributed by atoms with Crippen LogP contribution in [0.4, 0.5) is 0 Å². The average Bonchev–Trinajstić information content (AvgIpc) is 3.25. The molecule has 1 aliphatic rings. The molecule has 0 spiro atoms. The van der Waals surface area contributed by atoms with Crippen LogP contribution in [0.1, 0.15) is 33.5 Å². The maximum Gasteiger partial charge on any atom is 0.348 e. The van der Waals surface area contributed by atoms with Crippen molar-refractivity contribution in [1.29, 1.82) is 0 Å². The molecule has 0 saturated heterocycles. The average molecular weight is 399 g/mol. The maximum atomic E-state index is 13.0. The number of rotatable bonds is 4. The number of aryl methyl sites for hydroxylation is 2. The number of ether oxygens (including phenoxy) is 3. The van der Waals surface area contributed by atoms with Gasteiger partial charge >= 0.3 is 5.97 Å². The van der Waals surface area contributed by atoms with Crippen LogP contribution in [0.3, 0.4) is 0 Å². The summed E-state index contributed by atoms with van der Waals surface area (Å²) in [6.45, 7) is 5.60. The smallest absolute Gasteiger partial charge is 0.348 e. The van der Waals surface area contributed by atoms with Gasteiger partial charge < -0.3 is 14.2 Å². The molecule has 0 radical (unpaired) electrons. The van der Waals surface area contributed by atoms with Crippen LogP contribution >= 0.6 is 11.3 Å². The zero-order valence-electron chi connectivity index (χ0n) is 15.5. The summed E-state index contributed by atoms with van der Waals surface area (Å²) in [7, 11) is 0. The second-order valence-corrected chi connectivity index (χ2v) is 7.09. The molecule has 144 valence electrons. The monoisotopic (exact) mass is 399 g/mol. The first-order valence-electron chi connectivity index (χ1n) is 8.63. The van der Waals surface area contributed by atoms with Crippen LogP contribution in [0.25, 0.3) is 10.2 Å². The summed E-state index contributed by atoms with van der Waals surface area (Å²) >= 11 is 1.16. The van der Waals surface area contributed by atoms with Gasteiger partial charge in [0, 0.05) is 0 Å². The molecule has 0 saturated carbocycles. The fourth-order valence-electron chi connectivity index (χ4n) is 2.92. The molecule has 0 N–H and O–H groups in total. The lowest BCUT2D eigenvalue weighted by Crippen LogP contribution is -2.20. The molecule has 28 heavy (non-hydrogen) atoms. The summed E-state index contributed by atoms with van der Waals surface area (Å²) in [5.74, 6) is 1.28. The molecule has 0 atom stereocenters. The van der Waals surface area contributed by atoms with Crippen molar-refractivity contribution in [2.45, 2.75) is 20.8 Å². The Morgan fingerprint density at radius 1 is 1.36 bits per heavy atom. The first-order chi connectivity index (χ1) is 13.5. The molecule has 0 aliphatic carbocycles. The second-order valence-electron chi connectivity index (χ2n) is 6.09. The number of carbonyl (C=O) groups is 1. The number of esters is 1. The van der Waals surface area contributed by atoms with Crippen molar-refractivity contribution in [2.24, 2.45) is 5.10 Å². The fraction of sp³-hybridized carbons (Fsp3) is 0.263. The lowest BCUT2D eigenvalue weighted by molar-refractivity contribution is 0.0531. The van der Waals surface area contributed by atoms with Crippen LogP contribution < -0.4 is 15.0 Å². The molecule has 1 aromatic carbocycles. The number of fused-ring (bicyclic) bond motifs is 2. The van der Waals surface area contributed by atoms with Crippen molar-refractivity contribution in [3.05, 3.63) is 50.4 Å². The van der Waals surface area contributed by atoms with Crippen LogP contribution in [-0.2, 0) is 4.74 Å². The van der Waals surface area contributed by atoms with Gasteiger partial charge in [0.15, 0.2) is 11.5 Å². The van der Waals surface area contributed by atoms with E-state index in [9.17, 15) is 9.59 Å². The van der Waals surface area contributed by atoms with E-state index in [1.807, 2.05) is 6.07 Å². The Hall–Kier alpha value is -3.20. The van der Waals surface area contributed by atoms with Crippen molar-refractivity contribution in [3.8, 4) is 11.5 Å². The fourth-order valence-corrected chi connectivity index (χ4v) is 4.03. The molecule has 0 bridgehead atoms. The Balaban J connectivity index is 1.76. The van der Waals surface area contributed by atoms with E-state index >= 15 is 0 Å². The molecule has 0 amide bonds. The zero-order chi connectivity index (χ0) is 19.8. The minimum Gasteiger partial charge on any atom is -0.462 e. The largest absolute Gasteiger partial charge is 0.462 e. The van der Waals surface area contributed by atoms with Gasteiger partial charge in [-0.2, -0.15) is 9.78 Å². The quantitative estimate of drug-likeness (QED) is 0.495. The Labute approximate surface area is 164 Å². The number of aromatic nitrogens is 2. The van der Waals surface area contributed by atoms with E-state index in [1.165, 1.54) is 4.68 Å². The van der Waals surface area contributed by atoms with E-state index in [-0.39, 0.29) is 19.0 Å². The summed E-state index contributed by atoms with van der Waals surface area (Å²) in [6, 6.07) is 5.39. The number of nitrogens with zero attached hydrogens (tertiary/aromatic N) is 3. The Morgan fingerprint density at radius 2 is 2.14 bits per heavy atom. The molecule has 8 nitrogen and oxygen atoms in total. The number of hydrogen-bond acceptors (Lipinski definition) is 8. The SMILES string of the molecule is CCOC(=O)c1sc2nc(C)n(N=Cc3ccc4c(c3)OCO4)c(=O)c2c1C. The normalized spacial score (nSPS) is 12.8. The van der Waals surface area contributed by atoms with Gasteiger partial charge in [-0.05, 0) is 50.1 Å². The number of thiophene rings is 1. The van der Waals surface area contributed by atoms with E-state index in [4.69, 9.17) is 14.2 Å². The van der Waals surface area contributed by atoms with Gasteiger partial charge in [0.05, 0.1) is 18.2 Å². The maximum absolute atomic E-state index is 13.0. The Kier molecular flexibility index (Phi) is 4.60. The highest BCUT2D eigenvalue weighted by Gasteiger charge is 2.21. The van der Waals surface area contributed by atoms with Gasteiger partial charge in [0.2, 0.25) is 6.79 Å². The molecule has 3 aromatic rings. The van der Waals surface area contributed by atoms with Crippen LogP contribution in [0, 0.1) is 13.8 Å². The van der Waals surface area contributed by atoms with Crippen LogP contribution in [0.15, 0.2) is 28.1 Å². The standard InChI is InChI=1S/C19H17N3O5S/c1-4-25-19(24)16-10(2)15-17(28-16)21-11(3)22(18(15)23)20-8-12-5-6-13-14(7-12)27-9-26-13/h5-8H,4,9H2,1-3H3. The summed E-state index contributed by atoms with van der Waals surface area (Å²) in [6.07, 6.45) is 1.55.